The van der Waals surface area contributed by atoms with Gasteiger partial charge in [-0.05, 0) is 190 Å². The van der Waals surface area contributed by atoms with Crippen molar-refractivity contribution in [3.8, 4) is 79.3 Å². The summed E-state index contributed by atoms with van der Waals surface area (Å²) in [6, 6.07) is 49.1. The molecule has 4 aliphatic rings. The number of ether oxygens (including phenoxy) is 2. The molecule has 2 N–H and O–H groups in total. The number of fused-ring (bicyclic) bond motifs is 4. The maximum Gasteiger partial charge on any atom is 0.230 e. The summed E-state index contributed by atoms with van der Waals surface area (Å²) in [5, 5.41) is 1.64. The number of hydrogen-bond acceptors (Lipinski definition) is 19. The van der Waals surface area contributed by atoms with Crippen LogP contribution in [0.3, 0.4) is 0 Å². The number of anilines is 1. The van der Waals surface area contributed by atoms with E-state index in [1.54, 1.807) is 150 Å². The summed E-state index contributed by atoms with van der Waals surface area (Å²) in [4.78, 5) is 99.3. The third kappa shape index (κ3) is 21.2. The van der Waals surface area contributed by atoms with Crippen LogP contribution in [0.1, 0.15) is 95.3 Å². The van der Waals surface area contributed by atoms with Crippen molar-refractivity contribution in [3.05, 3.63) is 337 Å². The quantitative estimate of drug-likeness (QED) is 0.0782. The maximum atomic E-state index is 13.8. The standard InChI is InChI=1S/C26H25FN4O2S.C25H23F2N5OS.C25H22F2N4O2.C25H23FN4O3/c1-17-28-22-10-12-30(13-11-24(22)34-17)26(32)15-25-29-23(18-4-3-5-21(14-18)33-2)16-31(25)20-8-6-19(27)7-9-20;1-15-12-16(2-7-19(15)27)21-14-32(18-5-3-17(26)4-6-18)23(29-21)13-24(33)31-10-8-20-22(9-11-31)34-25(28)30-20;1-15-11-17(3-8-20(15)27)22-13-31(19-6-4-18(26)5-7-19)24(29-22)12-25(32)30-10-9-21-23(14-30)33-16(2)28-21;1-16-27-21-10-11-29(15-23(21)33-16)25(31)13-24-28-22(17-4-3-5-20(12-17)32-2)14-30(24)19-8-6-18(26)7-9-19/h3-9,14,16H,10-13,15H2,1-2H3;2-7,12,14H,8-11,13H2,1H3,(H2,28,30);3-8,11,13H,9-10,12,14H2,1-2H3;3-9,12,14H,10-11,13,15H2,1-2H3. The van der Waals surface area contributed by atoms with Crippen LogP contribution in [0.5, 0.6) is 11.5 Å². The molecule has 4 amide bonds. The van der Waals surface area contributed by atoms with Crippen molar-refractivity contribution in [3.63, 3.8) is 0 Å². The first-order valence-electron chi connectivity index (χ1n) is 43.6. The van der Waals surface area contributed by atoms with Crippen molar-refractivity contribution < 1.29 is 63.8 Å². The van der Waals surface area contributed by atoms with Gasteiger partial charge >= 0.3 is 0 Å². The van der Waals surface area contributed by atoms with Crippen LogP contribution in [0.4, 0.5) is 31.5 Å². The second-order valence-corrected chi connectivity index (χ2v) is 35.2. The zero-order valence-corrected chi connectivity index (χ0v) is 76.1. The number of carbonyl (C=O) groups is 4. The second kappa shape index (κ2) is 40.1. The number of aryl methyl sites for hydroxylation is 5. The summed E-state index contributed by atoms with van der Waals surface area (Å²) in [5.74, 6) is 4.29. The molecule has 0 saturated heterocycles. The summed E-state index contributed by atoms with van der Waals surface area (Å²) < 4.78 is 111. The molecular weight excluding hydrogens is 1760 g/mol. The number of carbonyl (C=O) groups excluding carboxylic acids is 4. The number of aromatic nitrogens is 12. The molecule has 0 fully saturated rings. The lowest BCUT2D eigenvalue weighted by Gasteiger charge is -2.25. The summed E-state index contributed by atoms with van der Waals surface area (Å²) >= 11 is 3.20. The van der Waals surface area contributed by atoms with Crippen LogP contribution >= 0.6 is 22.7 Å². The SMILES string of the molecule is COc1cccc(-c2cn(-c3ccc(F)cc3)c(CC(=O)N3CCc4nc(C)oc4C3)n2)c1.COc1cccc(-c2cn(-c3ccc(F)cc3)c(CC(=O)N3CCc4nc(C)sc4CC3)n2)c1.Cc1cc(-c2cn(-c3ccc(F)cc3)c(CC(=O)N3CCc4nc(N)sc4CC3)n2)ccc1F.Cc1nc2c(o1)CN(C(=O)Cc1nc(-c3ccc(F)c(C)c3)cn1-c1ccc(F)cc1)CC2. The molecule has 0 aliphatic carbocycles. The fourth-order valence-corrected chi connectivity index (χ4v) is 18.5. The minimum atomic E-state index is -0.350. The predicted octanol–water partition coefficient (Wildman–Crippen LogP) is 17.6. The van der Waals surface area contributed by atoms with Crippen LogP contribution in [0.2, 0.25) is 0 Å². The van der Waals surface area contributed by atoms with E-state index in [4.69, 9.17) is 44.0 Å². The van der Waals surface area contributed by atoms with Crippen molar-refractivity contribution in [2.45, 2.75) is 112 Å². The molecule has 20 rings (SSSR count). The Morgan fingerprint density at radius 2 is 0.672 bits per heavy atom. The molecule has 4 aliphatic heterocycles. The van der Waals surface area contributed by atoms with E-state index in [0.29, 0.717) is 157 Å². The average Bonchev–Trinajstić information content (AvgIpc) is 1.65. The van der Waals surface area contributed by atoms with E-state index in [9.17, 15) is 45.5 Å². The Morgan fingerprint density at radius 1 is 0.358 bits per heavy atom. The number of oxazole rings is 2. The fraction of sp³-hybridized carbons (Fsp3) is 0.248. The van der Waals surface area contributed by atoms with Crippen molar-refractivity contribution in [1.29, 1.82) is 0 Å². The van der Waals surface area contributed by atoms with Gasteiger partial charge in [0.15, 0.2) is 16.9 Å². The molecule has 8 aromatic heterocycles. The van der Waals surface area contributed by atoms with Crippen LogP contribution in [-0.4, -0.2) is 155 Å². The van der Waals surface area contributed by atoms with E-state index in [1.165, 1.54) is 76.9 Å². The third-order valence-electron chi connectivity index (χ3n) is 23.6. The molecule has 0 saturated carbocycles. The Hall–Kier alpha value is -14.9. The molecule has 0 unspecified atom stereocenters. The van der Waals surface area contributed by atoms with Gasteiger partial charge in [0.25, 0.3) is 0 Å². The number of halogens is 6. The summed E-state index contributed by atoms with van der Waals surface area (Å²) in [5.41, 5.74) is 19.5. The largest absolute Gasteiger partial charge is 0.497 e. The Morgan fingerprint density at radius 3 is 1.02 bits per heavy atom. The highest BCUT2D eigenvalue weighted by molar-refractivity contribution is 7.15. The predicted molar refractivity (Wildman–Crippen MR) is 495 cm³/mol. The Kier molecular flexibility index (Phi) is 27.2. The number of nitrogens with two attached hydrogens (primary N) is 1. The zero-order valence-electron chi connectivity index (χ0n) is 74.4. The molecule has 8 aromatic carbocycles. The van der Waals surface area contributed by atoms with Crippen LogP contribution in [0.25, 0.3) is 67.8 Å². The van der Waals surface area contributed by atoms with E-state index in [2.05, 4.69) is 19.9 Å². The Labute approximate surface area is 775 Å². The smallest absolute Gasteiger partial charge is 0.230 e. The van der Waals surface area contributed by atoms with E-state index in [0.717, 1.165) is 109 Å². The first kappa shape index (κ1) is 91.1. The molecule has 12 heterocycles. The van der Waals surface area contributed by atoms with E-state index in [-0.39, 0.29) is 84.2 Å². The molecule has 25 nitrogen and oxygen atoms in total. The normalized spacial score (nSPS) is 13.4. The summed E-state index contributed by atoms with van der Waals surface area (Å²) in [7, 11) is 3.23. The number of rotatable bonds is 18. The highest BCUT2D eigenvalue weighted by Crippen LogP contribution is 2.35. The number of thiazole rings is 2. The minimum Gasteiger partial charge on any atom is -0.497 e. The van der Waals surface area contributed by atoms with E-state index < -0.39 is 0 Å². The minimum absolute atomic E-state index is 0.0260. The van der Waals surface area contributed by atoms with Gasteiger partial charge in [-0.3, -0.25) is 19.2 Å². The van der Waals surface area contributed by atoms with Crippen LogP contribution in [0.15, 0.2) is 216 Å². The Balaban J connectivity index is 0.000000124. The van der Waals surface area contributed by atoms with Crippen molar-refractivity contribution in [1.82, 2.24) is 77.7 Å². The topological polar surface area (TPSA) is 275 Å². The lowest BCUT2D eigenvalue weighted by atomic mass is 10.1. The lowest BCUT2D eigenvalue weighted by Crippen LogP contribution is -2.37. The molecule has 0 spiro atoms. The zero-order chi connectivity index (χ0) is 93.5. The van der Waals surface area contributed by atoms with Gasteiger partial charge in [-0.1, -0.05) is 24.3 Å². The van der Waals surface area contributed by atoms with Gasteiger partial charge in [0.2, 0.25) is 23.6 Å². The maximum absolute atomic E-state index is 13.8. The number of methoxy groups -OCH3 is 2. The van der Waals surface area contributed by atoms with Gasteiger partial charge < -0.3 is 61.9 Å². The van der Waals surface area contributed by atoms with Crippen LogP contribution in [0, 0.1) is 69.5 Å². The van der Waals surface area contributed by atoms with Gasteiger partial charge in [0.05, 0.1) is 104 Å². The van der Waals surface area contributed by atoms with E-state index >= 15 is 0 Å². The molecule has 0 bridgehead atoms. The highest BCUT2D eigenvalue weighted by atomic mass is 32.1. The first-order chi connectivity index (χ1) is 64.7. The summed E-state index contributed by atoms with van der Waals surface area (Å²) in [6.07, 6.45) is 12.0. The van der Waals surface area contributed by atoms with E-state index in [1.807, 2.05) is 93.7 Å². The monoisotopic (exact) mass is 1850 g/mol. The second-order valence-electron chi connectivity index (χ2n) is 32.8. The Bertz CT molecular complexity index is 6950. The number of amides is 4. The number of nitrogen functional groups attached to an aromatic ring is 1. The number of imidazole rings is 4. The first-order valence-corrected chi connectivity index (χ1v) is 45.3. The van der Waals surface area contributed by atoms with Gasteiger partial charge in [0, 0.05) is 171 Å². The molecular formula is C101H93F6N17O8S2. The molecule has 0 radical (unpaired) electrons. The van der Waals surface area contributed by atoms with Crippen molar-refractivity contribution >= 4 is 51.4 Å². The van der Waals surface area contributed by atoms with Gasteiger partial charge in [-0.2, -0.15) is 0 Å². The number of hydrogen-bond donors (Lipinski definition) is 1. The van der Waals surface area contributed by atoms with Crippen molar-refractivity contribution in [2.75, 3.05) is 59.2 Å². The summed E-state index contributed by atoms with van der Waals surface area (Å²) in [6.45, 7) is 13.4. The molecule has 0 atom stereocenters. The molecule has 33 heteroatoms. The van der Waals surface area contributed by atoms with Crippen LogP contribution in [-0.2, 0) is 96.5 Å². The molecule has 134 heavy (non-hydrogen) atoms. The van der Waals surface area contributed by atoms with Gasteiger partial charge in [-0.25, -0.2) is 66.2 Å². The van der Waals surface area contributed by atoms with Gasteiger partial charge in [0.1, 0.15) is 81.2 Å². The average molecular weight is 1850 g/mol. The lowest BCUT2D eigenvalue weighted by molar-refractivity contribution is -0.132. The number of benzene rings is 8. The fourth-order valence-electron chi connectivity index (χ4n) is 16.6. The molecule has 16 aromatic rings. The van der Waals surface area contributed by atoms with Crippen LogP contribution < -0.4 is 15.2 Å². The third-order valence-corrected chi connectivity index (χ3v) is 25.7. The number of nitrogens with zero attached hydrogens (tertiary/aromatic N) is 16. The molecule has 684 valence electrons. The highest BCUT2D eigenvalue weighted by Gasteiger charge is 2.32. The van der Waals surface area contributed by atoms with Crippen molar-refractivity contribution in [2.24, 2.45) is 0 Å². The van der Waals surface area contributed by atoms with Gasteiger partial charge in [-0.15, -0.1) is 22.7 Å².